The number of rotatable bonds is 4. The normalized spacial score (nSPS) is 27.5. The first kappa shape index (κ1) is 17.6. The molecule has 1 aliphatic carbocycles. The number of imide groups is 1. The Kier molecular flexibility index (Phi) is 4.19. The number of nitrogens with zero attached hydrogens (tertiary/aromatic N) is 1. The van der Waals surface area contributed by atoms with Gasteiger partial charge in [-0.1, -0.05) is 20.8 Å². The number of hydrogen-bond donors (Lipinski definition) is 2. The van der Waals surface area contributed by atoms with Crippen LogP contribution in [-0.4, -0.2) is 36.0 Å². The van der Waals surface area contributed by atoms with Gasteiger partial charge in [0.25, 0.3) is 5.91 Å². The van der Waals surface area contributed by atoms with Crippen molar-refractivity contribution >= 4 is 23.4 Å². The van der Waals surface area contributed by atoms with E-state index in [2.05, 4.69) is 5.32 Å². The molecule has 0 radical (unpaired) electrons. The lowest BCUT2D eigenvalue weighted by Gasteiger charge is -2.47. The van der Waals surface area contributed by atoms with Crippen LogP contribution in [0.5, 0.6) is 0 Å². The highest BCUT2D eigenvalue weighted by Gasteiger charge is 2.64. The number of nitrogens with one attached hydrogen (secondary N) is 1. The Balaban J connectivity index is 1.89. The van der Waals surface area contributed by atoms with Crippen LogP contribution in [0.2, 0.25) is 0 Å². The molecule has 2 bridgehead atoms. The van der Waals surface area contributed by atoms with E-state index >= 15 is 0 Å². The monoisotopic (exact) mass is 344 g/mol. The molecule has 0 aromatic heterocycles. The number of carbonyl (C=O) groups is 3. The predicted molar refractivity (Wildman–Crippen MR) is 93.0 cm³/mol. The first-order valence-corrected chi connectivity index (χ1v) is 8.61. The van der Waals surface area contributed by atoms with Crippen molar-refractivity contribution in [3.8, 4) is 0 Å². The lowest BCUT2D eigenvalue weighted by atomic mass is 9.62. The highest BCUT2D eigenvalue weighted by atomic mass is 16.3. The molecule has 0 unspecified atom stereocenters. The SMILES string of the molecule is CC1(C)[C@H]2CC[C@]1(C)C(=O)N(c1ccc(C(=O)NCCO)cc1)C2=O. The molecule has 2 atom stereocenters. The summed E-state index contributed by atoms with van der Waals surface area (Å²) in [4.78, 5) is 39.2. The van der Waals surface area contributed by atoms with Gasteiger partial charge in [-0.05, 0) is 42.5 Å². The van der Waals surface area contributed by atoms with Crippen LogP contribution in [0.3, 0.4) is 0 Å². The number of benzene rings is 1. The standard InChI is InChI=1S/C19H24N2O4/c1-18(2)14-8-9-19(18,3)17(25)21(16(14)24)13-6-4-12(5-7-13)15(23)20-10-11-22/h4-7,14,22H,8-11H2,1-3H3,(H,20,23)/t14-,19+/m0/s1. The van der Waals surface area contributed by atoms with Gasteiger partial charge < -0.3 is 10.4 Å². The maximum Gasteiger partial charge on any atom is 0.251 e. The Labute approximate surface area is 147 Å². The van der Waals surface area contributed by atoms with Crippen LogP contribution in [0.25, 0.3) is 0 Å². The van der Waals surface area contributed by atoms with Gasteiger partial charge in [-0.3, -0.25) is 14.4 Å². The van der Waals surface area contributed by atoms with Gasteiger partial charge in [0, 0.05) is 18.0 Å². The lowest BCUT2D eigenvalue weighted by molar-refractivity contribution is -0.146. The van der Waals surface area contributed by atoms with Crippen LogP contribution in [-0.2, 0) is 9.59 Å². The average Bonchev–Trinajstić information content (AvgIpc) is 2.77. The predicted octanol–water partition coefficient (Wildman–Crippen LogP) is 1.72. The third-order valence-corrected chi connectivity index (χ3v) is 6.20. The number of piperidine rings is 1. The second kappa shape index (κ2) is 5.95. The molecule has 2 N–H and O–H groups in total. The molecule has 6 heteroatoms. The molecule has 2 fully saturated rings. The molecule has 0 spiro atoms. The lowest BCUT2D eigenvalue weighted by Crippen LogP contribution is -2.59. The van der Waals surface area contributed by atoms with Crippen molar-refractivity contribution in [2.24, 2.45) is 16.7 Å². The minimum atomic E-state index is -0.553. The van der Waals surface area contributed by atoms with Crippen molar-refractivity contribution in [2.75, 3.05) is 18.1 Å². The van der Waals surface area contributed by atoms with Crippen LogP contribution in [0, 0.1) is 16.7 Å². The van der Waals surface area contributed by atoms with E-state index in [0.29, 0.717) is 17.7 Å². The summed E-state index contributed by atoms with van der Waals surface area (Å²) in [6.07, 6.45) is 1.44. The fraction of sp³-hybridized carbons (Fsp3) is 0.526. The molecule has 1 aromatic rings. The van der Waals surface area contributed by atoms with E-state index in [0.717, 1.165) is 6.42 Å². The van der Waals surface area contributed by atoms with Gasteiger partial charge in [0.05, 0.1) is 17.7 Å². The fourth-order valence-electron chi connectivity index (χ4n) is 4.10. The first-order chi connectivity index (χ1) is 11.7. The van der Waals surface area contributed by atoms with E-state index in [9.17, 15) is 14.4 Å². The van der Waals surface area contributed by atoms with Crippen molar-refractivity contribution in [3.63, 3.8) is 0 Å². The second-order valence-corrected chi connectivity index (χ2v) is 7.65. The molecule has 3 rings (SSSR count). The fourth-order valence-corrected chi connectivity index (χ4v) is 4.10. The van der Waals surface area contributed by atoms with E-state index < -0.39 is 5.41 Å². The second-order valence-electron chi connectivity index (χ2n) is 7.65. The average molecular weight is 344 g/mol. The maximum atomic E-state index is 13.1. The quantitative estimate of drug-likeness (QED) is 0.815. The molecule has 1 aromatic carbocycles. The zero-order chi connectivity index (χ0) is 18.4. The molecule has 1 saturated carbocycles. The van der Waals surface area contributed by atoms with E-state index in [1.165, 1.54) is 4.90 Å². The van der Waals surface area contributed by atoms with Crippen LogP contribution in [0.15, 0.2) is 24.3 Å². The zero-order valence-electron chi connectivity index (χ0n) is 14.8. The van der Waals surface area contributed by atoms with Crippen molar-refractivity contribution in [3.05, 3.63) is 29.8 Å². The summed E-state index contributed by atoms with van der Waals surface area (Å²) in [5.41, 5.74) is 0.0239. The number of fused-ring (bicyclic) bond motifs is 2. The van der Waals surface area contributed by atoms with Crippen molar-refractivity contribution in [2.45, 2.75) is 33.6 Å². The first-order valence-electron chi connectivity index (χ1n) is 8.61. The highest BCUT2D eigenvalue weighted by Crippen LogP contribution is 2.60. The Bertz CT molecular complexity index is 725. The minimum Gasteiger partial charge on any atom is -0.395 e. The molecule has 3 amide bonds. The number of carbonyl (C=O) groups excluding carboxylic acids is 3. The Morgan fingerprint density at radius 2 is 1.88 bits per heavy atom. The molecular weight excluding hydrogens is 320 g/mol. The zero-order valence-corrected chi connectivity index (χ0v) is 14.8. The third kappa shape index (κ3) is 2.47. The summed E-state index contributed by atoms with van der Waals surface area (Å²) in [5, 5.41) is 11.3. The Morgan fingerprint density at radius 1 is 1.24 bits per heavy atom. The van der Waals surface area contributed by atoms with Crippen LogP contribution in [0.4, 0.5) is 5.69 Å². The van der Waals surface area contributed by atoms with Gasteiger partial charge in [-0.25, -0.2) is 4.90 Å². The van der Waals surface area contributed by atoms with Crippen LogP contribution in [0.1, 0.15) is 44.0 Å². The minimum absolute atomic E-state index is 0.129. The van der Waals surface area contributed by atoms with Gasteiger partial charge >= 0.3 is 0 Å². The maximum absolute atomic E-state index is 13.1. The van der Waals surface area contributed by atoms with Gasteiger partial charge in [0.15, 0.2) is 0 Å². The van der Waals surface area contributed by atoms with E-state index in [-0.39, 0.29) is 42.2 Å². The number of amides is 3. The summed E-state index contributed by atoms with van der Waals surface area (Å²) in [6.45, 7) is 6.01. The number of anilines is 1. The van der Waals surface area contributed by atoms with E-state index in [1.54, 1.807) is 24.3 Å². The topological polar surface area (TPSA) is 86.7 Å². The Morgan fingerprint density at radius 3 is 2.48 bits per heavy atom. The third-order valence-electron chi connectivity index (χ3n) is 6.20. The summed E-state index contributed by atoms with van der Waals surface area (Å²) < 4.78 is 0. The number of aliphatic hydroxyl groups excluding tert-OH is 1. The highest BCUT2D eigenvalue weighted by molar-refractivity contribution is 6.20. The van der Waals surface area contributed by atoms with Gasteiger partial charge in [0.1, 0.15) is 0 Å². The molecule has 1 saturated heterocycles. The van der Waals surface area contributed by atoms with Gasteiger partial charge in [-0.2, -0.15) is 0 Å². The van der Waals surface area contributed by atoms with Crippen molar-refractivity contribution in [1.82, 2.24) is 5.32 Å². The number of hydrogen-bond acceptors (Lipinski definition) is 4. The van der Waals surface area contributed by atoms with Gasteiger partial charge in [-0.15, -0.1) is 0 Å². The molecule has 1 heterocycles. The van der Waals surface area contributed by atoms with Crippen LogP contribution >= 0.6 is 0 Å². The van der Waals surface area contributed by atoms with E-state index in [1.807, 2.05) is 20.8 Å². The number of aliphatic hydroxyl groups is 1. The molecule has 25 heavy (non-hydrogen) atoms. The van der Waals surface area contributed by atoms with Crippen molar-refractivity contribution in [1.29, 1.82) is 0 Å². The summed E-state index contributed by atoms with van der Waals surface area (Å²) >= 11 is 0. The summed E-state index contributed by atoms with van der Waals surface area (Å²) in [7, 11) is 0. The van der Waals surface area contributed by atoms with E-state index in [4.69, 9.17) is 5.11 Å². The largest absolute Gasteiger partial charge is 0.395 e. The molecule has 134 valence electrons. The molecule has 6 nitrogen and oxygen atoms in total. The molecule has 1 aliphatic heterocycles. The van der Waals surface area contributed by atoms with Crippen LogP contribution < -0.4 is 10.2 Å². The summed E-state index contributed by atoms with van der Waals surface area (Å²) in [6, 6.07) is 6.44. The van der Waals surface area contributed by atoms with Gasteiger partial charge in [0.2, 0.25) is 11.8 Å². The molecular formula is C19H24N2O4. The Hall–Kier alpha value is -2.21. The van der Waals surface area contributed by atoms with Crippen molar-refractivity contribution < 1.29 is 19.5 Å². The summed E-state index contributed by atoms with van der Waals surface area (Å²) in [5.74, 6) is -0.774. The smallest absolute Gasteiger partial charge is 0.251 e. The molecule has 2 aliphatic rings.